The largest absolute Gasteiger partial charge is 0.347 e. The molecule has 1 unspecified atom stereocenters. The van der Waals surface area contributed by atoms with Crippen molar-refractivity contribution in [2.75, 3.05) is 0 Å². The minimum absolute atomic E-state index is 0.0769. The number of carbonyl (C=O) groups is 1. The topological polar surface area (TPSA) is 64.0 Å². The van der Waals surface area contributed by atoms with E-state index < -0.39 is 0 Å². The summed E-state index contributed by atoms with van der Waals surface area (Å²) in [6, 6.07) is 12.7. The number of fused-ring (bicyclic) bond motifs is 1. The Morgan fingerprint density at radius 2 is 1.89 bits per heavy atom. The molecule has 3 rings (SSSR count). The molecule has 1 heterocycles. The number of rotatable bonds is 5. The second-order valence-electron chi connectivity index (χ2n) is 6.99. The van der Waals surface area contributed by atoms with E-state index in [9.17, 15) is 9.59 Å². The average molecular weight is 384 g/mol. The van der Waals surface area contributed by atoms with Gasteiger partial charge in [0, 0.05) is 5.02 Å². The number of hydrogen-bond donors (Lipinski definition) is 1. The van der Waals surface area contributed by atoms with Gasteiger partial charge < -0.3 is 5.32 Å². The summed E-state index contributed by atoms with van der Waals surface area (Å²) >= 11 is 5.95. The summed E-state index contributed by atoms with van der Waals surface area (Å²) in [5.74, 6) is -0.0521. The van der Waals surface area contributed by atoms with Gasteiger partial charge in [0.25, 0.3) is 5.56 Å². The summed E-state index contributed by atoms with van der Waals surface area (Å²) in [7, 11) is 0. The number of para-hydroxylation sites is 1. The van der Waals surface area contributed by atoms with Crippen molar-refractivity contribution in [2.24, 2.45) is 5.92 Å². The van der Waals surface area contributed by atoms with Crippen LogP contribution >= 0.6 is 11.6 Å². The molecule has 0 spiro atoms. The van der Waals surface area contributed by atoms with Crippen molar-refractivity contribution in [2.45, 2.75) is 33.4 Å². The van der Waals surface area contributed by atoms with Crippen LogP contribution in [0.5, 0.6) is 0 Å². The van der Waals surface area contributed by atoms with Crippen LogP contribution in [-0.4, -0.2) is 15.5 Å². The molecule has 0 saturated heterocycles. The number of halogens is 1. The van der Waals surface area contributed by atoms with E-state index in [0.29, 0.717) is 15.9 Å². The number of aromatic nitrogens is 2. The first kappa shape index (κ1) is 19.1. The van der Waals surface area contributed by atoms with E-state index in [1.807, 2.05) is 45.0 Å². The highest BCUT2D eigenvalue weighted by Gasteiger charge is 2.19. The second kappa shape index (κ2) is 7.92. The van der Waals surface area contributed by atoms with Crippen LogP contribution in [0.1, 0.15) is 31.0 Å². The number of aryl methyl sites for hydroxylation is 1. The molecule has 0 bridgehead atoms. The van der Waals surface area contributed by atoms with Gasteiger partial charge in [-0.1, -0.05) is 49.7 Å². The molecule has 1 amide bonds. The Morgan fingerprint density at radius 1 is 1.19 bits per heavy atom. The van der Waals surface area contributed by atoms with Crippen molar-refractivity contribution in [1.82, 2.24) is 14.9 Å². The fourth-order valence-corrected chi connectivity index (χ4v) is 3.25. The number of carbonyl (C=O) groups excluding carboxylic acids is 1. The maximum absolute atomic E-state index is 12.7. The van der Waals surface area contributed by atoms with E-state index in [2.05, 4.69) is 10.3 Å². The zero-order valence-electron chi connectivity index (χ0n) is 15.6. The second-order valence-corrected chi connectivity index (χ2v) is 7.43. The first-order valence-electron chi connectivity index (χ1n) is 8.86. The van der Waals surface area contributed by atoms with E-state index in [4.69, 9.17) is 11.6 Å². The van der Waals surface area contributed by atoms with Gasteiger partial charge in [-0.15, -0.1) is 0 Å². The van der Waals surface area contributed by atoms with Crippen molar-refractivity contribution in [3.05, 3.63) is 75.3 Å². The van der Waals surface area contributed by atoms with Gasteiger partial charge in [0.2, 0.25) is 5.91 Å². The lowest BCUT2D eigenvalue weighted by molar-refractivity contribution is -0.122. The average Bonchev–Trinajstić information content (AvgIpc) is 2.63. The molecule has 0 aliphatic heterocycles. The van der Waals surface area contributed by atoms with Crippen molar-refractivity contribution >= 4 is 28.4 Å². The fourth-order valence-electron chi connectivity index (χ4n) is 3.13. The number of nitrogens with one attached hydrogen (secondary N) is 1. The maximum atomic E-state index is 12.7. The molecular formula is C21H22ClN3O2. The molecule has 5 nitrogen and oxygen atoms in total. The van der Waals surface area contributed by atoms with Gasteiger partial charge in [-0.25, -0.2) is 4.98 Å². The van der Waals surface area contributed by atoms with Crippen LogP contribution in [0.4, 0.5) is 0 Å². The third kappa shape index (κ3) is 4.19. The number of benzene rings is 2. The van der Waals surface area contributed by atoms with Crippen LogP contribution < -0.4 is 10.9 Å². The van der Waals surface area contributed by atoms with Crippen molar-refractivity contribution in [3.8, 4) is 0 Å². The highest BCUT2D eigenvalue weighted by molar-refractivity contribution is 6.30. The van der Waals surface area contributed by atoms with Crippen LogP contribution in [0.25, 0.3) is 10.9 Å². The zero-order chi connectivity index (χ0) is 19.6. The van der Waals surface area contributed by atoms with Gasteiger partial charge in [-0.05, 0) is 42.2 Å². The van der Waals surface area contributed by atoms with Crippen molar-refractivity contribution in [1.29, 1.82) is 0 Å². The predicted molar refractivity (Wildman–Crippen MR) is 108 cm³/mol. The smallest absolute Gasteiger partial charge is 0.261 e. The summed E-state index contributed by atoms with van der Waals surface area (Å²) < 4.78 is 1.34. The molecule has 6 heteroatoms. The third-order valence-corrected chi connectivity index (χ3v) is 4.83. The Balaban J connectivity index is 1.82. The molecule has 140 valence electrons. The Bertz CT molecular complexity index is 1030. The lowest BCUT2D eigenvalue weighted by Crippen LogP contribution is -2.36. The summed E-state index contributed by atoms with van der Waals surface area (Å²) in [6.07, 6.45) is 1.43. The normalized spacial score (nSPS) is 12.3. The van der Waals surface area contributed by atoms with E-state index in [0.717, 1.165) is 11.1 Å². The molecule has 0 radical (unpaired) electrons. The molecule has 0 fully saturated rings. The van der Waals surface area contributed by atoms with E-state index in [1.165, 1.54) is 10.9 Å². The van der Waals surface area contributed by atoms with E-state index in [1.54, 1.807) is 18.2 Å². The van der Waals surface area contributed by atoms with Gasteiger partial charge in [-0.3, -0.25) is 14.2 Å². The Morgan fingerprint density at radius 3 is 2.56 bits per heavy atom. The standard InChI is InChI=1S/C21H22ClN3O2/c1-13(2)19(15-7-9-16(22)10-8-15)24-18(26)11-25-12-23-20-14(3)5-4-6-17(20)21(25)27/h4-10,12-13,19H,11H2,1-3H3,(H,24,26). The highest BCUT2D eigenvalue weighted by atomic mass is 35.5. The van der Waals surface area contributed by atoms with Gasteiger partial charge in [0.1, 0.15) is 6.54 Å². The number of nitrogens with zero attached hydrogens (tertiary/aromatic N) is 2. The monoisotopic (exact) mass is 383 g/mol. The van der Waals surface area contributed by atoms with Crippen LogP contribution in [0.3, 0.4) is 0 Å². The molecule has 27 heavy (non-hydrogen) atoms. The molecule has 3 aromatic rings. The molecule has 1 atom stereocenters. The van der Waals surface area contributed by atoms with Crippen LogP contribution in [0, 0.1) is 12.8 Å². The molecule has 0 saturated carbocycles. The minimum Gasteiger partial charge on any atom is -0.347 e. The van der Waals surface area contributed by atoms with Crippen LogP contribution in [0.2, 0.25) is 5.02 Å². The summed E-state index contributed by atoms with van der Waals surface area (Å²) in [6.45, 7) is 5.90. The Hall–Kier alpha value is -2.66. The van der Waals surface area contributed by atoms with Crippen molar-refractivity contribution in [3.63, 3.8) is 0 Å². The van der Waals surface area contributed by atoms with Gasteiger partial charge in [0.05, 0.1) is 23.3 Å². The van der Waals surface area contributed by atoms with E-state index in [-0.39, 0.29) is 30.0 Å². The SMILES string of the molecule is Cc1cccc2c(=O)n(CC(=O)NC(c3ccc(Cl)cc3)C(C)C)cnc12. The summed E-state index contributed by atoms with van der Waals surface area (Å²) in [5.41, 5.74) is 2.36. The first-order valence-corrected chi connectivity index (χ1v) is 9.24. The Kier molecular flexibility index (Phi) is 5.61. The first-order chi connectivity index (χ1) is 12.9. The van der Waals surface area contributed by atoms with Crippen LogP contribution in [-0.2, 0) is 11.3 Å². The maximum Gasteiger partial charge on any atom is 0.261 e. The Labute approximate surface area is 163 Å². The lowest BCUT2D eigenvalue weighted by atomic mass is 9.96. The van der Waals surface area contributed by atoms with Crippen LogP contribution in [0.15, 0.2) is 53.6 Å². The number of amides is 1. The molecule has 0 aliphatic carbocycles. The minimum atomic E-state index is -0.237. The summed E-state index contributed by atoms with van der Waals surface area (Å²) in [4.78, 5) is 29.6. The fraction of sp³-hybridized carbons (Fsp3) is 0.286. The quantitative estimate of drug-likeness (QED) is 0.727. The van der Waals surface area contributed by atoms with E-state index >= 15 is 0 Å². The molecular weight excluding hydrogens is 362 g/mol. The predicted octanol–water partition coefficient (Wildman–Crippen LogP) is 3.87. The molecule has 1 N–H and O–H groups in total. The number of hydrogen-bond acceptors (Lipinski definition) is 3. The van der Waals surface area contributed by atoms with Crippen molar-refractivity contribution < 1.29 is 4.79 Å². The zero-order valence-corrected chi connectivity index (χ0v) is 16.3. The lowest BCUT2D eigenvalue weighted by Gasteiger charge is -2.23. The molecule has 1 aromatic heterocycles. The van der Waals surface area contributed by atoms with Gasteiger partial charge in [-0.2, -0.15) is 0 Å². The highest BCUT2D eigenvalue weighted by Crippen LogP contribution is 2.23. The molecule has 2 aromatic carbocycles. The summed E-state index contributed by atoms with van der Waals surface area (Å²) in [5, 5.41) is 4.18. The molecule has 0 aliphatic rings. The third-order valence-electron chi connectivity index (χ3n) is 4.58. The van der Waals surface area contributed by atoms with Gasteiger partial charge >= 0.3 is 0 Å². The van der Waals surface area contributed by atoms with Gasteiger partial charge in [0.15, 0.2) is 0 Å².